The van der Waals surface area contributed by atoms with Gasteiger partial charge in [0.05, 0.1) is 23.8 Å². The van der Waals surface area contributed by atoms with Crippen molar-refractivity contribution in [1.82, 2.24) is 0 Å². The molecule has 0 fully saturated rings. The summed E-state index contributed by atoms with van der Waals surface area (Å²) in [6.45, 7) is 3.27. The van der Waals surface area contributed by atoms with Crippen LogP contribution in [0.1, 0.15) is 12.5 Å². The molecule has 0 radical (unpaired) electrons. The number of anilines is 2. The Morgan fingerprint density at radius 2 is 1.80 bits per heavy atom. The molecule has 1 aliphatic rings. The monoisotopic (exact) mass is 266 g/mol. The summed E-state index contributed by atoms with van der Waals surface area (Å²) in [5.41, 5.74) is 3.14. The van der Waals surface area contributed by atoms with Gasteiger partial charge < -0.3 is 10.2 Å². The molecule has 0 unspecified atom stereocenters. The minimum absolute atomic E-state index is 0.0221. The molecular formula is C17H18N2O. The van der Waals surface area contributed by atoms with Crippen LogP contribution in [0.5, 0.6) is 0 Å². The van der Waals surface area contributed by atoms with Gasteiger partial charge in [-0.1, -0.05) is 49.4 Å². The van der Waals surface area contributed by atoms with Gasteiger partial charge in [0.25, 0.3) is 0 Å². The van der Waals surface area contributed by atoms with E-state index in [2.05, 4.69) is 17.4 Å². The molecule has 1 heterocycles. The summed E-state index contributed by atoms with van der Waals surface area (Å²) in [4.78, 5) is 14.5. The third kappa shape index (κ3) is 2.39. The molecule has 2 aromatic rings. The van der Waals surface area contributed by atoms with Crippen molar-refractivity contribution in [2.24, 2.45) is 5.92 Å². The summed E-state index contributed by atoms with van der Waals surface area (Å²) in [7, 11) is 0. The van der Waals surface area contributed by atoms with Crippen LogP contribution in [0.25, 0.3) is 0 Å². The SMILES string of the molecule is C[C@H]1CNc2ccccc2N(Cc2ccccc2)C1=O. The number of nitrogens with one attached hydrogen (secondary N) is 1. The summed E-state index contributed by atoms with van der Waals surface area (Å²) in [5.74, 6) is 0.150. The van der Waals surface area contributed by atoms with Gasteiger partial charge in [0.15, 0.2) is 0 Å². The highest BCUT2D eigenvalue weighted by Gasteiger charge is 2.27. The van der Waals surface area contributed by atoms with E-state index >= 15 is 0 Å². The van der Waals surface area contributed by atoms with Gasteiger partial charge in [0.2, 0.25) is 5.91 Å². The lowest BCUT2D eigenvalue weighted by molar-refractivity contribution is -0.121. The molecule has 0 aromatic heterocycles. The standard InChI is InChI=1S/C17H18N2O/c1-13-11-18-15-9-5-6-10-16(15)19(17(13)20)12-14-7-3-2-4-8-14/h2-10,13,18H,11-12H2,1H3/t13-/m0/s1. The van der Waals surface area contributed by atoms with Gasteiger partial charge in [-0.2, -0.15) is 0 Å². The van der Waals surface area contributed by atoms with E-state index in [0.717, 1.165) is 16.9 Å². The molecule has 3 nitrogen and oxygen atoms in total. The van der Waals surface area contributed by atoms with Gasteiger partial charge in [-0.3, -0.25) is 4.79 Å². The first-order valence-corrected chi connectivity index (χ1v) is 6.94. The third-order valence-electron chi connectivity index (χ3n) is 3.66. The molecule has 0 spiro atoms. The van der Waals surface area contributed by atoms with Crippen molar-refractivity contribution in [3.05, 3.63) is 60.2 Å². The smallest absolute Gasteiger partial charge is 0.231 e. The number of carbonyl (C=O) groups excluding carboxylic acids is 1. The maximum Gasteiger partial charge on any atom is 0.231 e. The van der Waals surface area contributed by atoms with Crippen LogP contribution in [0.3, 0.4) is 0 Å². The molecular weight excluding hydrogens is 248 g/mol. The van der Waals surface area contributed by atoms with Crippen molar-refractivity contribution in [2.45, 2.75) is 13.5 Å². The summed E-state index contributed by atoms with van der Waals surface area (Å²) in [6, 6.07) is 18.1. The number of hydrogen-bond donors (Lipinski definition) is 1. The second kappa shape index (κ2) is 5.37. The predicted molar refractivity (Wildman–Crippen MR) is 81.7 cm³/mol. The van der Waals surface area contributed by atoms with E-state index in [1.54, 1.807) is 0 Å². The highest BCUT2D eigenvalue weighted by atomic mass is 16.2. The van der Waals surface area contributed by atoms with E-state index in [9.17, 15) is 4.79 Å². The first-order chi connectivity index (χ1) is 9.75. The fourth-order valence-electron chi connectivity index (χ4n) is 2.52. The number of nitrogens with zero attached hydrogens (tertiary/aromatic N) is 1. The van der Waals surface area contributed by atoms with Gasteiger partial charge in [0, 0.05) is 6.54 Å². The van der Waals surface area contributed by atoms with Crippen LogP contribution >= 0.6 is 0 Å². The Morgan fingerprint density at radius 1 is 1.10 bits per heavy atom. The molecule has 0 bridgehead atoms. The van der Waals surface area contributed by atoms with Crippen molar-refractivity contribution < 1.29 is 4.79 Å². The average Bonchev–Trinajstić information content (AvgIpc) is 2.61. The Balaban J connectivity index is 1.99. The average molecular weight is 266 g/mol. The second-order valence-corrected chi connectivity index (χ2v) is 5.21. The number of rotatable bonds is 2. The lowest BCUT2D eigenvalue weighted by Gasteiger charge is -2.24. The number of amides is 1. The molecule has 1 atom stereocenters. The molecule has 0 saturated heterocycles. The lowest BCUT2D eigenvalue weighted by atomic mass is 10.1. The second-order valence-electron chi connectivity index (χ2n) is 5.21. The van der Waals surface area contributed by atoms with Crippen LogP contribution in [0.2, 0.25) is 0 Å². The van der Waals surface area contributed by atoms with Gasteiger partial charge in [-0.05, 0) is 17.7 Å². The molecule has 1 N–H and O–H groups in total. The van der Waals surface area contributed by atoms with E-state index in [1.807, 2.05) is 54.3 Å². The Labute approximate surface area is 119 Å². The number of para-hydroxylation sites is 2. The molecule has 20 heavy (non-hydrogen) atoms. The zero-order chi connectivity index (χ0) is 13.9. The predicted octanol–water partition coefficient (Wildman–Crippen LogP) is 3.28. The Morgan fingerprint density at radius 3 is 2.60 bits per heavy atom. The van der Waals surface area contributed by atoms with E-state index in [1.165, 1.54) is 0 Å². The zero-order valence-electron chi connectivity index (χ0n) is 11.5. The van der Waals surface area contributed by atoms with Gasteiger partial charge in [-0.25, -0.2) is 0 Å². The minimum atomic E-state index is -0.0221. The first kappa shape index (κ1) is 12.7. The molecule has 3 heteroatoms. The minimum Gasteiger partial charge on any atom is -0.383 e. The van der Waals surface area contributed by atoms with E-state index < -0.39 is 0 Å². The van der Waals surface area contributed by atoms with E-state index in [4.69, 9.17) is 0 Å². The van der Waals surface area contributed by atoms with E-state index in [-0.39, 0.29) is 11.8 Å². The summed E-state index contributed by atoms with van der Waals surface area (Å²) < 4.78 is 0. The van der Waals surface area contributed by atoms with Crippen molar-refractivity contribution in [1.29, 1.82) is 0 Å². The highest BCUT2D eigenvalue weighted by molar-refractivity contribution is 5.99. The van der Waals surface area contributed by atoms with Crippen molar-refractivity contribution in [3.8, 4) is 0 Å². The largest absolute Gasteiger partial charge is 0.383 e. The van der Waals surface area contributed by atoms with Crippen LogP contribution in [-0.2, 0) is 11.3 Å². The fourth-order valence-corrected chi connectivity index (χ4v) is 2.52. The first-order valence-electron chi connectivity index (χ1n) is 6.94. The van der Waals surface area contributed by atoms with Crippen LogP contribution in [0.15, 0.2) is 54.6 Å². The number of carbonyl (C=O) groups is 1. The summed E-state index contributed by atoms with van der Waals surface area (Å²) in [6.07, 6.45) is 0. The molecule has 1 amide bonds. The van der Waals surface area contributed by atoms with Crippen molar-refractivity contribution in [3.63, 3.8) is 0 Å². The zero-order valence-corrected chi connectivity index (χ0v) is 11.5. The van der Waals surface area contributed by atoms with Gasteiger partial charge in [0.1, 0.15) is 0 Å². The van der Waals surface area contributed by atoms with Crippen molar-refractivity contribution >= 4 is 17.3 Å². The number of benzene rings is 2. The molecule has 0 aliphatic carbocycles. The Hall–Kier alpha value is -2.29. The lowest BCUT2D eigenvalue weighted by Crippen LogP contribution is -2.34. The maximum atomic E-state index is 12.6. The van der Waals surface area contributed by atoms with Crippen LogP contribution < -0.4 is 10.2 Å². The molecule has 3 rings (SSSR count). The molecule has 102 valence electrons. The molecule has 2 aromatic carbocycles. The number of fused-ring (bicyclic) bond motifs is 1. The van der Waals surface area contributed by atoms with Crippen LogP contribution in [-0.4, -0.2) is 12.5 Å². The highest BCUT2D eigenvalue weighted by Crippen LogP contribution is 2.31. The quantitative estimate of drug-likeness (QED) is 0.904. The normalized spacial score (nSPS) is 18.1. The fraction of sp³-hybridized carbons (Fsp3) is 0.235. The van der Waals surface area contributed by atoms with Gasteiger partial charge in [-0.15, -0.1) is 0 Å². The molecule has 1 aliphatic heterocycles. The third-order valence-corrected chi connectivity index (χ3v) is 3.66. The number of hydrogen-bond acceptors (Lipinski definition) is 2. The van der Waals surface area contributed by atoms with E-state index in [0.29, 0.717) is 13.1 Å². The van der Waals surface area contributed by atoms with Gasteiger partial charge >= 0.3 is 0 Å². The summed E-state index contributed by atoms with van der Waals surface area (Å²) >= 11 is 0. The maximum absolute atomic E-state index is 12.6. The topological polar surface area (TPSA) is 32.3 Å². The van der Waals surface area contributed by atoms with Crippen molar-refractivity contribution in [2.75, 3.05) is 16.8 Å². The Kier molecular flexibility index (Phi) is 3.42. The van der Waals surface area contributed by atoms with Crippen LogP contribution in [0, 0.1) is 5.92 Å². The Bertz CT molecular complexity index is 609. The van der Waals surface area contributed by atoms with Crippen LogP contribution in [0.4, 0.5) is 11.4 Å². The molecule has 0 saturated carbocycles. The summed E-state index contributed by atoms with van der Waals surface area (Å²) in [5, 5.41) is 3.36.